The molecule has 0 bridgehead atoms. The fraction of sp³-hybridized carbons (Fsp3) is 0.897. The van der Waals surface area contributed by atoms with Gasteiger partial charge >= 0.3 is 0 Å². The molecule has 0 heterocycles. The first-order valence-electron chi connectivity index (χ1n) is 13.5. The van der Waals surface area contributed by atoms with Crippen LogP contribution in [0.1, 0.15) is 106 Å². The van der Waals surface area contributed by atoms with Crippen LogP contribution in [0.15, 0.2) is 11.6 Å². The van der Waals surface area contributed by atoms with Crippen LogP contribution in [0.5, 0.6) is 0 Å². The summed E-state index contributed by atoms with van der Waals surface area (Å²) in [5.41, 5.74) is 1.57. The van der Waals surface area contributed by atoms with Crippen molar-refractivity contribution in [2.45, 2.75) is 112 Å². The van der Waals surface area contributed by atoms with Crippen LogP contribution in [-0.2, 0) is 4.79 Å². The zero-order valence-electron chi connectivity index (χ0n) is 21.1. The van der Waals surface area contributed by atoms with E-state index in [1.165, 1.54) is 44.9 Å². The summed E-state index contributed by atoms with van der Waals surface area (Å²) in [5.74, 6) is 5.62. The molecule has 0 aromatic heterocycles. The summed E-state index contributed by atoms with van der Waals surface area (Å²) >= 11 is 0. The number of carbonyl (C=O) groups is 1. The number of carbonyl (C=O) groups excluding carboxylic acids is 1. The van der Waals surface area contributed by atoms with Gasteiger partial charge in [-0.2, -0.15) is 0 Å². The van der Waals surface area contributed by atoms with Crippen molar-refractivity contribution in [2.24, 2.45) is 52.3 Å². The molecule has 176 valence electrons. The number of ketones is 1. The Morgan fingerprint density at radius 1 is 1.06 bits per heavy atom. The lowest BCUT2D eigenvalue weighted by Gasteiger charge is -2.59. The van der Waals surface area contributed by atoms with E-state index in [4.69, 9.17) is 0 Å². The number of aliphatic hydroxyl groups is 1. The zero-order chi connectivity index (χ0) is 22.6. The molecule has 4 aliphatic rings. The molecule has 4 aliphatic carbocycles. The van der Waals surface area contributed by atoms with Gasteiger partial charge in [-0.3, -0.25) is 4.79 Å². The smallest absolute Gasteiger partial charge is 0.155 e. The van der Waals surface area contributed by atoms with Gasteiger partial charge in [0.25, 0.3) is 0 Å². The quantitative estimate of drug-likeness (QED) is 0.485. The van der Waals surface area contributed by atoms with Gasteiger partial charge < -0.3 is 5.11 Å². The van der Waals surface area contributed by atoms with E-state index in [0.29, 0.717) is 23.7 Å². The Labute approximate surface area is 191 Å². The highest BCUT2D eigenvalue weighted by atomic mass is 16.3. The minimum Gasteiger partial charge on any atom is -0.389 e. The second-order valence-corrected chi connectivity index (χ2v) is 12.8. The van der Waals surface area contributed by atoms with Gasteiger partial charge in [0.2, 0.25) is 0 Å². The standard InChI is InChI=1S/C29H48O2/c1-7-20(18(2)3)9-8-19(4)23-10-11-24-22-17-27(31)26-16-21(30)12-14-29(26,6)25(22)13-15-28(23,24)5/h16,18-20,22-25,27,31H,7-15,17H2,1-6H3/t19-,20-,22-,23+,24-,25-,27+,28-,29+/m1/s1. The molecule has 2 nitrogen and oxygen atoms in total. The van der Waals surface area contributed by atoms with Crippen molar-refractivity contribution in [3.05, 3.63) is 11.6 Å². The number of rotatable bonds is 6. The van der Waals surface area contributed by atoms with Crippen molar-refractivity contribution in [3.63, 3.8) is 0 Å². The minimum atomic E-state index is -0.398. The predicted octanol–water partition coefficient (Wildman–Crippen LogP) is 7.20. The maximum Gasteiger partial charge on any atom is 0.155 e. The van der Waals surface area contributed by atoms with E-state index in [9.17, 15) is 9.90 Å². The maximum absolute atomic E-state index is 12.1. The predicted molar refractivity (Wildman–Crippen MR) is 129 cm³/mol. The summed E-state index contributed by atoms with van der Waals surface area (Å²) in [6.45, 7) is 14.7. The Morgan fingerprint density at radius 3 is 2.48 bits per heavy atom. The maximum atomic E-state index is 12.1. The summed E-state index contributed by atoms with van der Waals surface area (Å²) in [4.78, 5) is 12.1. The third kappa shape index (κ3) is 3.87. The van der Waals surface area contributed by atoms with E-state index in [0.717, 1.165) is 48.0 Å². The van der Waals surface area contributed by atoms with Crippen molar-refractivity contribution in [2.75, 3.05) is 0 Å². The molecular formula is C29H48O2. The minimum absolute atomic E-state index is 0.0485. The van der Waals surface area contributed by atoms with Gasteiger partial charge in [0, 0.05) is 6.42 Å². The summed E-state index contributed by atoms with van der Waals surface area (Å²) < 4.78 is 0. The summed E-state index contributed by atoms with van der Waals surface area (Å²) in [6, 6.07) is 0. The van der Waals surface area contributed by atoms with E-state index in [1.807, 2.05) is 6.08 Å². The normalized spacial score (nSPS) is 44.3. The highest BCUT2D eigenvalue weighted by Gasteiger charge is 2.60. The summed E-state index contributed by atoms with van der Waals surface area (Å²) in [7, 11) is 0. The Morgan fingerprint density at radius 2 is 1.81 bits per heavy atom. The average molecular weight is 429 g/mol. The Bertz CT molecular complexity index is 708. The molecule has 0 aromatic rings. The topological polar surface area (TPSA) is 37.3 Å². The largest absolute Gasteiger partial charge is 0.389 e. The first kappa shape index (κ1) is 23.5. The molecular weight excluding hydrogens is 380 g/mol. The van der Waals surface area contributed by atoms with Crippen molar-refractivity contribution in [3.8, 4) is 0 Å². The van der Waals surface area contributed by atoms with Crippen molar-refractivity contribution in [1.29, 1.82) is 0 Å². The molecule has 0 aliphatic heterocycles. The lowest BCUT2D eigenvalue weighted by molar-refractivity contribution is -0.119. The number of fused-ring (bicyclic) bond motifs is 5. The van der Waals surface area contributed by atoms with Crippen LogP contribution in [-0.4, -0.2) is 17.0 Å². The van der Waals surface area contributed by atoms with E-state index in [-0.39, 0.29) is 11.2 Å². The molecule has 3 saturated carbocycles. The van der Waals surface area contributed by atoms with Crippen molar-refractivity contribution >= 4 is 5.78 Å². The highest BCUT2D eigenvalue weighted by Crippen LogP contribution is 2.67. The lowest BCUT2D eigenvalue weighted by atomic mass is 9.46. The first-order chi connectivity index (χ1) is 14.6. The van der Waals surface area contributed by atoms with Gasteiger partial charge in [0.15, 0.2) is 5.78 Å². The third-order valence-electron chi connectivity index (χ3n) is 11.2. The molecule has 1 N–H and O–H groups in total. The molecule has 3 fully saturated rings. The average Bonchev–Trinajstić information content (AvgIpc) is 3.07. The van der Waals surface area contributed by atoms with Crippen LogP contribution in [0.25, 0.3) is 0 Å². The van der Waals surface area contributed by atoms with Gasteiger partial charge in [-0.25, -0.2) is 0 Å². The molecule has 2 heteroatoms. The Balaban J connectivity index is 1.51. The summed E-state index contributed by atoms with van der Waals surface area (Å²) in [5, 5.41) is 11.1. The van der Waals surface area contributed by atoms with Crippen molar-refractivity contribution < 1.29 is 9.90 Å². The molecule has 0 radical (unpaired) electrons. The van der Waals surface area contributed by atoms with Crippen LogP contribution >= 0.6 is 0 Å². The fourth-order valence-corrected chi connectivity index (χ4v) is 9.27. The fourth-order valence-electron chi connectivity index (χ4n) is 9.27. The van der Waals surface area contributed by atoms with E-state index in [1.54, 1.807) is 0 Å². The molecule has 4 rings (SSSR count). The van der Waals surface area contributed by atoms with E-state index >= 15 is 0 Å². The van der Waals surface area contributed by atoms with Gasteiger partial charge in [0.1, 0.15) is 0 Å². The number of aliphatic hydroxyl groups excluding tert-OH is 1. The molecule has 0 aromatic carbocycles. The van der Waals surface area contributed by atoms with Gasteiger partial charge in [-0.05, 0) is 109 Å². The lowest BCUT2D eigenvalue weighted by Crippen LogP contribution is -2.54. The monoisotopic (exact) mass is 428 g/mol. The number of hydrogen-bond donors (Lipinski definition) is 1. The molecule has 0 unspecified atom stereocenters. The second-order valence-electron chi connectivity index (χ2n) is 12.8. The number of hydrogen-bond acceptors (Lipinski definition) is 2. The molecule has 0 saturated heterocycles. The van der Waals surface area contributed by atoms with Gasteiger partial charge in [-0.15, -0.1) is 0 Å². The Kier molecular flexibility index (Phi) is 6.54. The van der Waals surface area contributed by atoms with Crippen LogP contribution in [0.3, 0.4) is 0 Å². The molecule has 0 amide bonds. The van der Waals surface area contributed by atoms with Gasteiger partial charge in [-0.1, -0.05) is 54.4 Å². The molecule has 31 heavy (non-hydrogen) atoms. The van der Waals surface area contributed by atoms with Crippen LogP contribution in [0, 0.1) is 52.3 Å². The zero-order valence-corrected chi connectivity index (χ0v) is 21.1. The highest BCUT2D eigenvalue weighted by molar-refractivity contribution is 5.91. The molecule has 9 atom stereocenters. The Hall–Kier alpha value is -0.630. The van der Waals surface area contributed by atoms with Gasteiger partial charge in [0.05, 0.1) is 6.10 Å². The first-order valence-corrected chi connectivity index (χ1v) is 13.5. The summed E-state index contributed by atoms with van der Waals surface area (Å²) in [6.07, 6.45) is 13.4. The van der Waals surface area contributed by atoms with Crippen LogP contribution < -0.4 is 0 Å². The SMILES string of the molecule is CC[C@H](CC[C@@H](C)[C@@H]1CC[C@@H]2[C@H]3C[C@H](O)C4=CC(=O)CC[C@@]4(C)[C@@H]3CC[C@@]21C)C(C)C. The second kappa shape index (κ2) is 8.62. The van der Waals surface area contributed by atoms with Crippen LogP contribution in [0.4, 0.5) is 0 Å². The molecule has 0 spiro atoms. The van der Waals surface area contributed by atoms with E-state index in [2.05, 4.69) is 41.5 Å². The van der Waals surface area contributed by atoms with Crippen molar-refractivity contribution in [1.82, 2.24) is 0 Å². The van der Waals surface area contributed by atoms with Crippen LogP contribution in [0.2, 0.25) is 0 Å². The third-order valence-corrected chi connectivity index (χ3v) is 11.2. The van der Waals surface area contributed by atoms with E-state index < -0.39 is 6.10 Å².